The van der Waals surface area contributed by atoms with E-state index in [0.717, 1.165) is 11.3 Å². The van der Waals surface area contributed by atoms with Gasteiger partial charge in [0, 0.05) is 12.6 Å². The first-order valence-corrected chi connectivity index (χ1v) is 8.91. The fourth-order valence-electron chi connectivity index (χ4n) is 2.41. The van der Waals surface area contributed by atoms with Crippen molar-refractivity contribution in [2.45, 2.75) is 49.5 Å². The third-order valence-corrected chi connectivity index (χ3v) is 6.59. The Morgan fingerprint density at radius 2 is 2.19 bits per heavy atom. The topological polar surface area (TPSA) is 92.7 Å². The molecule has 1 aromatic rings. The van der Waals surface area contributed by atoms with Gasteiger partial charge < -0.3 is 9.84 Å². The lowest BCUT2D eigenvalue weighted by Crippen LogP contribution is -2.45. The molecule has 21 heavy (non-hydrogen) atoms. The molecule has 8 heteroatoms. The number of hydrogen-bond acceptors (Lipinski definition) is 5. The van der Waals surface area contributed by atoms with Crippen LogP contribution in [-0.2, 0) is 14.8 Å². The smallest absolute Gasteiger partial charge is 0.346 e. The number of sulfonamides is 1. The van der Waals surface area contributed by atoms with Gasteiger partial charge in [-0.3, -0.25) is 0 Å². The van der Waals surface area contributed by atoms with E-state index in [0.29, 0.717) is 25.0 Å². The summed E-state index contributed by atoms with van der Waals surface area (Å²) in [4.78, 5) is 11.1. The summed E-state index contributed by atoms with van der Waals surface area (Å²) in [6, 6.07) is 1.20. The van der Waals surface area contributed by atoms with E-state index in [1.54, 1.807) is 6.92 Å². The highest BCUT2D eigenvalue weighted by atomic mass is 32.2. The van der Waals surface area contributed by atoms with Crippen LogP contribution in [0.4, 0.5) is 0 Å². The highest BCUT2D eigenvalue weighted by molar-refractivity contribution is 7.91. The Morgan fingerprint density at radius 1 is 1.52 bits per heavy atom. The lowest BCUT2D eigenvalue weighted by molar-refractivity contribution is -0.0599. The Morgan fingerprint density at radius 3 is 2.71 bits per heavy atom. The molecule has 2 rings (SSSR count). The molecule has 1 saturated heterocycles. The molecule has 118 valence electrons. The van der Waals surface area contributed by atoms with Crippen molar-refractivity contribution >= 4 is 27.3 Å². The number of aryl methyl sites for hydroxylation is 1. The minimum atomic E-state index is -3.70. The van der Waals surface area contributed by atoms with E-state index in [-0.39, 0.29) is 20.7 Å². The van der Waals surface area contributed by atoms with Crippen LogP contribution in [0, 0.1) is 6.92 Å². The molecule has 2 heterocycles. The van der Waals surface area contributed by atoms with Crippen LogP contribution in [0.5, 0.6) is 0 Å². The highest BCUT2D eigenvalue weighted by Gasteiger charge is 2.32. The zero-order chi connectivity index (χ0) is 15.8. The third kappa shape index (κ3) is 3.82. The fraction of sp³-hybridized carbons (Fsp3) is 0.615. The number of carboxylic acids is 1. The Labute approximate surface area is 128 Å². The molecular formula is C13H19NO5S2. The molecule has 0 bridgehead atoms. The first-order valence-electron chi connectivity index (χ1n) is 6.61. The maximum atomic E-state index is 12.4. The number of aromatic carboxylic acids is 1. The summed E-state index contributed by atoms with van der Waals surface area (Å²) >= 11 is 0.782. The second kappa shape index (κ2) is 5.68. The molecule has 1 aromatic heterocycles. The van der Waals surface area contributed by atoms with Gasteiger partial charge in [-0.05, 0) is 45.2 Å². The third-order valence-electron chi connectivity index (χ3n) is 3.37. The number of rotatable bonds is 4. The van der Waals surface area contributed by atoms with E-state index < -0.39 is 16.0 Å². The molecule has 0 amide bonds. The average molecular weight is 333 g/mol. The fourth-order valence-corrected chi connectivity index (χ4v) is 5.07. The zero-order valence-electron chi connectivity index (χ0n) is 12.2. The SMILES string of the molecule is Cc1cc(S(=O)(=O)NC2CCOC(C)(C)C2)sc1C(=O)O. The van der Waals surface area contributed by atoms with Gasteiger partial charge in [0.2, 0.25) is 10.0 Å². The van der Waals surface area contributed by atoms with Crippen LogP contribution in [0.2, 0.25) is 0 Å². The molecule has 1 unspecified atom stereocenters. The van der Waals surface area contributed by atoms with Crippen LogP contribution in [0.15, 0.2) is 10.3 Å². The van der Waals surface area contributed by atoms with Crippen LogP contribution in [-0.4, -0.2) is 37.7 Å². The number of ether oxygens (including phenoxy) is 1. The maximum Gasteiger partial charge on any atom is 0.346 e. The standard InChI is InChI=1S/C13H19NO5S2/c1-8-6-10(20-11(8)12(15)16)21(17,18)14-9-4-5-19-13(2,3)7-9/h6,9,14H,4-5,7H2,1-3H3,(H,15,16). The van der Waals surface area contributed by atoms with E-state index >= 15 is 0 Å². The van der Waals surface area contributed by atoms with Crippen molar-refractivity contribution in [2.75, 3.05) is 6.61 Å². The van der Waals surface area contributed by atoms with E-state index in [1.807, 2.05) is 13.8 Å². The minimum absolute atomic E-state index is 0.0432. The van der Waals surface area contributed by atoms with Crippen molar-refractivity contribution in [1.29, 1.82) is 0 Å². The Bertz CT molecular complexity index is 648. The number of thiophene rings is 1. The highest BCUT2D eigenvalue weighted by Crippen LogP contribution is 2.28. The molecule has 0 saturated carbocycles. The monoisotopic (exact) mass is 333 g/mol. The summed E-state index contributed by atoms with van der Waals surface area (Å²) in [5.74, 6) is -1.11. The number of hydrogen-bond donors (Lipinski definition) is 2. The van der Waals surface area contributed by atoms with E-state index in [9.17, 15) is 13.2 Å². The first kappa shape index (κ1) is 16.4. The van der Waals surface area contributed by atoms with E-state index in [4.69, 9.17) is 9.84 Å². The molecule has 0 aromatic carbocycles. The lowest BCUT2D eigenvalue weighted by atomic mass is 9.95. The molecule has 0 radical (unpaired) electrons. The van der Waals surface area contributed by atoms with Gasteiger partial charge in [-0.15, -0.1) is 11.3 Å². The van der Waals surface area contributed by atoms with Crippen molar-refractivity contribution in [2.24, 2.45) is 0 Å². The lowest BCUT2D eigenvalue weighted by Gasteiger charge is -2.35. The quantitative estimate of drug-likeness (QED) is 0.879. The second-order valence-electron chi connectivity index (χ2n) is 5.80. The van der Waals surface area contributed by atoms with Crippen LogP contribution >= 0.6 is 11.3 Å². The van der Waals surface area contributed by atoms with Gasteiger partial charge in [-0.2, -0.15) is 0 Å². The summed E-state index contributed by atoms with van der Waals surface area (Å²) in [6.45, 7) is 5.94. The first-order chi connectivity index (χ1) is 9.61. The largest absolute Gasteiger partial charge is 0.477 e. The Balaban J connectivity index is 2.19. The molecule has 1 fully saturated rings. The Kier molecular flexibility index (Phi) is 4.44. The van der Waals surface area contributed by atoms with Gasteiger partial charge in [-0.1, -0.05) is 0 Å². The van der Waals surface area contributed by atoms with Gasteiger partial charge in [0.25, 0.3) is 0 Å². The predicted octanol–water partition coefficient (Wildman–Crippen LogP) is 1.99. The van der Waals surface area contributed by atoms with Crippen molar-refractivity contribution in [3.8, 4) is 0 Å². The molecule has 0 spiro atoms. The van der Waals surface area contributed by atoms with E-state index in [1.165, 1.54) is 6.07 Å². The van der Waals surface area contributed by atoms with Gasteiger partial charge in [0.1, 0.15) is 9.09 Å². The summed E-state index contributed by atoms with van der Waals surface area (Å²) in [7, 11) is -3.70. The second-order valence-corrected chi connectivity index (χ2v) is 8.79. The van der Waals surface area contributed by atoms with Gasteiger partial charge in [0.05, 0.1) is 5.60 Å². The van der Waals surface area contributed by atoms with E-state index in [2.05, 4.69) is 4.72 Å². The molecule has 1 aliphatic rings. The van der Waals surface area contributed by atoms with Crippen molar-refractivity contribution < 1.29 is 23.1 Å². The summed E-state index contributed by atoms with van der Waals surface area (Å²) in [5, 5.41) is 9.01. The van der Waals surface area contributed by atoms with Gasteiger partial charge in [0.15, 0.2) is 0 Å². The number of carboxylic acid groups (broad SMARTS) is 1. The van der Waals surface area contributed by atoms with Gasteiger partial charge in [-0.25, -0.2) is 17.9 Å². The van der Waals surface area contributed by atoms with Crippen molar-refractivity contribution in [1.82, 2.24) is 4.72 Å². The normalized spacial score (nSPS) is 22.1. The predicted molar refractivity (Wildman–Crippen MR) is 79.4 cm³/mol. The molecule has 1 aliphatic heterocycles. The summed E-state index contributed by atoms with van der Waals surface area (Å²) in [5.41, 5.74) is 0.100. The van der Waals surface area contributed by atoms with Crippen LogP contribution in [0.1, 0.15) is 41.9 Å². The van der Waals surface area contributed by atoms with Crippen molar-refractivity contribution in [3.05, 3.63) is 16.5 Å². The van der Waals surface area contributed by atoms with Crippen LogP contribution < -0.4 is 4.72 Å². The molecule has 0 aliphatic carbocycles. The van der Waals surface area contributed by atoms with Crippen LogP contribution in [0.25, 0.3) is 0 Å². The average Bonchev–Trinajstić information content (AvgIpc) is 2.70. The number of nitrogens with one attached hydrogen (secondary N) is 1. The molecule has 6 nitrogen and oxygen atoms in total. The zero-order valence-corrected chi connectivity index (χ0v) is 13.8. The summed E-state index contributed by atoms with van der Waals surface area (Å²) < 4.78 is 33.0. The number of carbonyl (C=O) groups is 1. The van der Waals surface area contributed by atoms with Gasteiger partial charge >= 0.3 is 5.97 Å². The van der Waals surface area contributed by atoms with Crippen LogP contribution in [0.3, 0.4) is 0 Å². The Hall–Kier alpha value is -0.960. The molecule has 2 N–H and O–H groups in total. The van der Waals surface area contributed by atoms with Crippen molar-refractivity contribution in [3.63, 3.8) is 0 Å². The molecular weight excluding hydrogens is 314 g/mol. The minimum Gasteiger partial charge on any atom is -0.477 e. The maximum absolute atomic E-state index is 12.4. The molecule has 1 atom stereocenters. The summed E-state index contributed by atoms with van der Waals surface area (Å²) in [6.07, 6.45) is 1.20.